The van der Waals surface area contributed by atoms with Crippen LogP contribution in [0.15, 0.2) is 53.6 Å². The van der Waals surface area contributed by atoms with Gasteiger partial charge in [0.25, 0.3) is 0 Å². The smallest absolute Gasteiger partial charge is 0.329 e. The van der Waals surface area contributed by atoms with E-state index in [4.69, 9.17) is 9.47 Å². The topological polar surface area (TPSA) is 89.0 Å². The van der Waals surface area contributed by atoms with Crippen molar-refractivity contribution in [3.05, 3.63) is 59.7 Å². The Morgan fingerprint density at radius 2 is 1.77 bits per heavy atom. The summed E-state index contributed by atoms with van der Waals surface area (Å²) in [5.74, 6) is -0.229. The van der Waals surface area contributed by atoms with Crippen molar-refractivity contribution in [1.29, 1.82) is 0 Å². The summed E-state index contributed by atoms with van der Waals surface area (Å²) < 4.78 is 10.9. The Kier molecular flexibility index (Phi) is 5.82. The highest BCUT2D eigenvalue weighted by molar-refractivity contribution is 6.35. The molecule has 7 nitrogen and oxygen atoms in total. The lowest BCUT2D eigenvalue weighted by atomic mass is 10.1. The zero-order valence-electron chi connectivity index (χ0n) is 14.1. The number of fused-ring (bicyclic) bond motifs is 1. The van der Waals surface area contributed by atoms with Crippen molar-refractivity contribution < 1.29 is 19.1 Å². The summed E-state index contributed by atoms with van der Waals surface area (Å²) in [4.78, 5) is 23.5. The normalized spacial score (nSPS) is 12.6. The molecular formula is C19H19N3O4. The molecule has 0 bridgehead atoms. The second kappa shape index (κ2) is 8.66. The van der Waals surface area contributed by atoms with Crippen LogP contribution in [0.4, 0.5) is 0 Å². The quantitative estimate of drug-likeness (QED) is 0.481. The molecule has 2 N–H and O–H groups in total. The van der Waals surface area contributed by atoms with Gasteiger partial charge in [0.15, 0.2) is 11.5 Å². The van der Waals surface area contributed by atoms with E-state index in [0.717, 1.165) is 11.1 Å². The summed E-state index contributed by atoms with van der Waals surface area (Å²) in [6.07, 6.45) is 2.09. The number of hydrogen-bond donors (Lipinski definition) is 2. The molecule has 7 heteroatoms. The Hall–Kier alpha value is -3.35. The Morgan fingerprint density at radius 1 is 1.00 bits per heavy atom. The molecular weight excluding hydrogens is 334 g/mol. The second-order valence-electron chi connectivity index (χ2n) is 5.59. The minimum Gasteiger partial charge on any atom is -0.486 e. The van der Waals surface area contributed by atoms with E-state index in [2.05, 4.69) is 15.8 Å². The third-order valence-corrected chi connectivity index (χ3v) is 3.69. The van der Waals surface area contributed by atoms with E-state index in [0.29, 0.717) is 37.7 Å². The minimum atomic E-state index is -0.813. The van der Waals surface area contributed by atoms with Crippen molar-refractivity contribution in [3.63, 3.8) is 0 Å². The predicted molar refractivity (Wildman–Crippen MR) is 96.3 cm³/mol. The van der Waals surface area contributed by atoms with Crippen LogP contribution < -0.4 is 20.2 Å². The first-order valence-corrected chi connectivity index (χ1v) is 8.27. The van der Waals surface area contributed by atoms with Crippen LogP contribution in [0.1, 0.15) is 11.1 Å². The summed E-state index contributed by atoms with van der Waals surface area (Å²) in [7, 11) is 0. The molecule has 0 aromatic heterocycles. The van der Waals surface area contributed by atoms with E-state index in [-0.39, 0.29) is 0 Å². The monoisotopic (exact) mass is 353 g/mol. The molecule has 1 heterocycles. The Morgan fingerprint density at radius 3 is 2.58 bits per heavy atom. The number of carbonyl (C=O) groups excluding carboxylic acids is 2. The Bertz CT molecular complexity index is 806. The maximum absolute atomic E-state index is 11.7. The molecule has 2 amide bonds. The standard InChI is InChI=1S/C19H19N3O4/c23-18(20-9-8-14-4-2-1-3-5-14)19(24)22-21-13-15-6-7-16-17(12-15)26-11-10-25-16/h1-7,12-13H,8-11H2,(H,20,23)(H,22,24)/b21-13+. The number of ether oxygens (including phenoxy) is 2. The average molecular weight is 353 g/mol. The van der Waals surface area contributed by atoms with Crippen molar-refractivity contribution in [2.24, 2.45) is 5.10 Å². The van der Waals surface area contributed by atoms with Crippen molar-refractivity contribution in [3.8, 4) is 11.5 Å². The lowest BCUT2D eigenvalue weighted by molar-refractivity contribution is -0.139. The van der Waals surface area contributed by atoms with Gasteiger partial charge in [0.2, 0.25) is 0 Å². The predicted octanol–water partition coefficient (Wildman–Crippen LogP) is 1.27. The van der Waals surface area contributed by atoms with E-state index in [1.807, 2.05) is 30.3 Å². The number of nitrogens with zero attached hydrogens (tertiary/aromatic N) is 1. The van der Waals surface area contributed by atoms with E-state index < -0.39 is 11.8 Å². The molecule has 2 aromatic rings. The SMILES string of the molecule is O=C(NCCc1ccccc1)C(=O)N/N=C/c1ccc2c(c1)OCCO2. The molecule has 1 aliphatic heterocycles. The van der Waals surface area contributed by atoms with Gasteiger partial charge in [0.1, 0.15) is 13.2 Å². The van der Waals surface area contributed by atoms with Gasteiger partial charge in [-0.1, -0.05) is 30.3 Å². The number of hydrogen-bond acceptors (Lipinski definition) is 5. The van der Waals surface area contributed by atoms with Gasteiger partial charge >= 0.3 is 11.8 Å². The third-order valence-electron chi connectivity index (χ3n) is 3.69. The first-order valence-electron chi connectivity index (χ1n) is 8.27. The fraction of sp³-hybridized carbons (Fsp3) is 0.211. The Balaban J connectivity index is 1.44. The number of rotatable bonds is 5. The van der Waals surface area contributed by atoms with Gasteiger partial charge < -0.3 is 14.8 Å². The molecule has 2 aromatic carbocycles. The fourth-order valence-corrected chi connectivity index (χ4v) is 2.40. The lowest BCUT2D eigenvalue weighted by Crippen LogP contribution is -2.38. The van der Waals surface area contributed by atoms with Gasteiger partial charge in [0.05, 0.1) is 6.21 Å². The van der Waals surface area contributed by atoms with Gasteiger partial charge in [0, 0.05) is 6.54 Å². The highest BCUT2D eigenvalue weighted by atomic mass is 16.6. The van der Waals surface area contributed by atoms with Crippen LogP contribution in [0.2, 0.25) is 0 Å². The van der Waals surface area contributed by atoms with E-state index >= 15 is 0 Å². The minimum absolute atomic E-state index is 0.377. The Labute approximate surface area is 151 Å². The highest BCUT2D eigenvalue weighted by Crippen LogP contribution is 2.30. The molecule has 0 saturated carbocycles. The second-order valence-corrected chi connectivity index (χ2v) is 5.59. The number of carbonyl (C=O) groups is 2. The summed E-state index contributed by atoms with van der Waals surface area (Å²) >= 11 is 0. The van der Waals surface area contributed by atoms with Gasteiger partial charge in [-0.3, -0.25) is 9.59 Å². The van der Waals surface area contributed by atoms with E-state index in [9.17, 15) is 9.59 Å². The number of hydrazone groups is 1. The molecule has 0 unspecified atom stereocenters. The molecule has 0 radical (unpaired) electrons. The lowest BCUT2D eigenvalue weighted by Gasteiger charge is -2.18. The van der Waals surface area contributed by atoms with E-state index in [1.165, 1.54) is 6.21 Å². The van der Waals surface area contributed by atoms with Crippen molar-refractivity contribution in [1.82, 2.24) is 10.7 Å². The van der Waals surface area contributed by atoms with Crippen LogP contribution in [0.3, 0.4) is 0 Å². The molecule has 0 atom stereocenters. The highest BCUT2D eigenvalue weighted by Gasteiger charge is 2.12. The molecule has 3 rings (SSSR count). The van der Waals surface area contributed by atoms with Crippen LogP contribution >= 0.6 is 0 Å². The van der Waals surface area contributed by atoms with Gasteiger partial charge in [-0.15, -0.1) is 0 Å². The van der Waals surface area contributed by atoms with E-state index in [1.54, 1.807) is 18.2 Å². The number of nitrogens with one attached hydrogen (secondary N) is 2. The summed E-state index contributed by atoms with van der Waals surface area (Å²) in [5.41, 5.74) is 4.02. The maximum Gasteiger partial charge on any atom is 0.329 e. The summed E-state index contributed by atoms with van der Waals surface area (Å²) in [6.45, 7) is 1.39. The average Bonchev–Trinajstić information content (AvgIpc) is 2.68. The van der Waals surface area contributed by atoms with Crippen LogP contribution in [0, 0.1) is 0 Å². The molecule has 0 spiro atoms. The summed E-state index contributed by atoms with van der Waals surface area (Å²) in [6, 6.07) is 15.0. The fourth-order valence-electron chi connectivity index (χ4n) is 2.40. The molecule has 134 valence electrons. The molecule has 1 aliphatic rings. The maximum atomic E-state index is 11.7. The zero-order valence-corrected chi connectivity index (χ0v) is 14.1. The number of benzene rings is 2. The number of amides is 2. The van der Waals surface area contributed by atoms with Gasteiger partial charge in [-0.2, -0.15) is 5.10 Å². The third kappa shape index (κ3) is 4.83. The van der Waals surface area contributed by atoms with Crippen molar-refractivity contribution in [2.75, 3.05) is 19.8 Å². The van der Waals surface area contributed by atoms with Crippen molar-refractivity contribution >= 4 is 18.0 Å². The first-order chi connectivity index (χ1) is 12.7. The molecule has 26 heavy (non-hydrogen) atoms. The molecule has 0 aliphatic carbocycles. The zero-order chi connectivity index (χ0) is 18.2. The van der Waals surface area contributed by atoms with Crippen molar-refractivity contribution in [2.45, 2.75) is 6.42 Å². The van der Waals surface area contributed by atoms with Crippen LogP contribution in [-0.2, 0) is 16.0 Å². The molecule has 0 fully saturated rings. The largest absolute Gasteiger partial charge is 0.486 e. The van der Waals surface area contributed by atoms with Crippen LogP contribution in [-0.4, -0.2) is 37.8 Å². The van der Waals surface area contributed by atoms with Crippen LogP contribution in [0.25, 0.3) is 0 Å². The molecule has 0 saturated heterocycles. The first kappa shape index (κ1) is 17.5. The summed E-state index contributed by atoms with van der Waals surface area (Å²) in [5, 5.41) is 6.36. The van der Waals surface area contributed by atoms with Gasteiger partial charge in [-0.05, 0) is 35.7 Å². The van der Waals surface area contributed by atoms with Gasteiger partial charge in [-0.25, -0.2) is 5.43 Å². The van der Waals surface area contributed by atoms with Crippen LogP contribution in [0.5, 0.6) is 11.5 Å².